The number of hydrogen-bond acceptors (Lipinski definition) is 4. The molecule has 2 N–H and O–H groups in total. The molecule has 0 saturated carbocycles. The fourth-order valence-electron chi connectivity index (χ4n) is 2.84. The fourth-order valence-corrected chi connectivity index (χ4v) is 2.84. The minimum absolute atomic E-state index is 0.0880. The highest BCUT2D eigenvalue weighted by Gasteiger charge is 2.34. The van der Waals surface area contributed by atoms with Crippen molar-refractivity contribution >= 4 is 28.9 Å². The number of furan rings is 1. The molecule has 0 fully saturated rings. The summed E-state index contributed by atoms with van der Waals surface area (Å²) in [6.07, 6.45) is -3.30. The van der Waals surface area contributed by atoms with Crippen LogP contribution in [-0.4, -0.2) is 25.9 Å². The molecule has 0 spiro atoms. The third-order valence-electron chi connectivity index (χ3n) is 4.57. The van der Waals surface area contributed by atoms with Gasteiger partial charge in [0.25, 0.3) is 11.8 Å². The molecular formula is C22H20F3N3O3. The van der Waals surface area contributed by atoms with Gasteiger partial charge in [0.1, 0.15) is 0 Å². The Labute approximate surface area is 176 Å². The standard InChI is InChI=1S/C22H20F3N3O3/c1-13-6-7-14(11-18(13)27-21(30)19-5-4-10-31-19)20(29)26-17-9-8-15(28(2)3)12-16(17)22(23,24)25/h4-12H,1-3H3,(H,26,29)(H,27,30). The summed E-state index contributed by atoms with van der Waals surface area (Å²) in [5.74, 6) is -1.16. The van der Waals surface area contributed by atoms with E-state index in [1.54, 1.807) is 33.2 Å². The molecule has 3 rings (SSSR count). The van der Waals surface area contributed by atoms with Gasteiger partial charge < -0.3 is 20.0 Å². The predicted molar refractivity (Wildman–Crippen MR) is 112 cm³/mol. The van der Waals surface area contributed by atoms with Gasteiger partial charge in [-0.3, -0.25) is 9.59 Å². The lowest BCUT2D eigenvalue weighted by atomic mass is 10.1. The van der Waals surface area contributed by atoms with Gasteiger partial charge in [-0.2, -0.15) is 13.2 Å². The fraction of sp³-hybridized carbons (Fsp3) is 0.182. The first-order valence-corrected chi connectivity index (χ1v) is 9.21. The molecule has 2 aromatic carbocycles. The Kier molecular flexibility index (Phi) is 6.05. The summed E-state index contributed by atoms with van der Waals surface area (Å²) < 4.78 is 45.6. The normalized spacial score (nSPS) is 11.2. The molecule has 6 nitrogen and oxygen atoms in total. The van der Waals surface area contributed by atoms with Crippen LogP contribution in [0.15, 0.2) is 59.2 Å². The first-order chi connectivity index (χ1) is 14.6. The van der Waals surface area contributed by atoms with Crippen molar-refractivity contribution in [3.05, 3.63) is 77.2 Å². The summed E-state index contributed by atoms with van der Waals surface area (Å²) >= 11 is 0. The number of aryl methyl sites for hydroxylation is 1. The van der Waals surface area contributed by atoms with Crippen molar-refractivity contribution in [2.45, 2.75) is 13.1 Å². The molecule has 0 atom stereocenters. The molecule has 0 aliphatic rings. The average Bonchev–Trinajstić information content (AvgIpc) is 3.24. The second-order valence-electron chi connectivity index (χ2n) is 7.04. The van der Waals surface area contributed by atoms with E-state index in [-0.39, 0.29) is 17.0 Å². The van der Waals surface area contributed by atoms with Gasteiger partial charge >= 0.3 is 6.18 Å². The van der Waals surface area contributed by atoms with Crippen LogP contribution in [-0.2, 0) is 6.18 Å². The molecular weight excluding hydrogens is 411 g/mol. The van der Waals surface area contributed by atoms with E-state index in [1.807, 2.05) is 0 Å². The Morgan fingerprint density at radius 3 is 2.26 bits per heavy atom. The highest BCUT2D eigenvalue weighted by Crippen LogP contribution is 2.37. The van der Waals surface area contributed by atoms with E-state index >= 15 is 0 Å². The lowest BCUT2D eigenvalue weighted by molar-refractivity contribution is -0.136. The molecule has 1 aromatic heterocycles. The van der Waals surface area contributed by atoms with Crippen LogP contribution in [0.2, 0.25) is 0 Å². The molecule has 9 heteroatoms. The predicted octanol–water partition coefficient (Wildman–Crippen LogP) is 5.18. The topological polar surface area (TPSA) is 74.6 Å². The number of carbonyl (C=O) groups is 2. The van der Waals surface area contributed by atoms with E-state index in [2.05, 4.69) is 10.6 Å². The second kappa shape index (κ2) is 8.55. The van der Waals surface area contributed by atoms with Crippen LogP contribution in [0.25, 0.3) is 0 Å². The molecule has 0 bridgehead atoms. The number of rotatable bonds is 5. The molecule has 0 unspecified atom stereocenters. The smallest absolute Gasteiger partial charge is 0.418 e. The molecule has 31 heavy (non-hydrogen) atoms. The number of hydrogen-bond donors (Lipinski definition) is 2. The number of nitrogens with one attached hydrogen (secondary N) is 2. The third kappa shape index (κ3) is 5.06. The van der Waals surface area contributed by atoms with E-state index in [1.165, 1.54) is 41.5 Å². The van der Waals surface area contributed by atoms with Gasteiger partial charge in [-0.05, 0) is 55.0 Å². The van der Waals surface area contributed by atoms with Gasteiger partial charge in [-0.1, -0.05) is 6.07 Å². The van der Waals surface area contributed by atoms with Crippen molar-refractivity contribution in [2.24, 2.45) is 0 Å². The van der Waals surface area contributed by atoms with Crippen LogP contribution in [0.4, 0.5) is 30.2 Å². The molecule has 1 heterocycles. The maximum atomic E-state index is 13.5. The highest BCUT2D eigenvalue weighted by molar-refractivity contribution is 6.07. The van der Waals surface area contributed by atoms with Gasteiger partial charge in [0.05, 0.1) is 17.5 Å². The number of carbonyl (C=O) groups excluding carboxylic acids is 2. The number of amides is 2. The summed E-state index contributed by atoms with van der Waals surface area (Å²) in [4.78, 5) is 26.4. The zero-order valence-corrected chi connectivity index (χ0v) is 17.0. The summed E-state index contributed by atoms with van der Waals surface area (Å²) in [7, 11) is 3.25. The first-order valence-electron chi connectivity index (χ1n) is 9.21. The largest absolute Gasteiger partial charge is 0.459 e. The number of nitrogens with zero attached hydrogens (tertiary/aromatic N) is 1. The number of halogens is 3. The lowest BCUT2D eigenvalue weighted by Gasteiger charge is -2.19. The molecule has 3 aromatic rings. The van der Waals surface area contributed by atoms with Crippen molar-refractivity contribution in [1.82, 2.24) is 0 Å². The Morgan fingerprint density at radius 1 is 0.935 bits per heavy atom. The maximum absolute atomic E-state index is 13.5. The quantitative estimate of drug-likeness (QED) is 0.584. The van der Waals surface area contributed by atoms with Gasteiger partial charge in [-0.25, -0.2) is 0 Å². The SMILES string of the molecule is Cc1ccc(C(=O)Nc2ccc(N(C)C)cc2C(F)(F)F)cc1NC(=O)c1ccco1. The zero-order chi connectivity index (χ0) is 22.8. The van der Waals surface area contributed by atoms with Crippen molar-refractivity contribution < 1.29 is 27.2 Å². The average molecular weight is 431 g/mol. The summed E-state index contributed by atoms with van der Waals surface area (Å²) in [6, 6.07) is 11.2. The van der Waals surface area contributed by atoms with Crippen molar-refractivity contribution in [3.8, 4) is 0 Å². The molecule has 0 aliphatic carbocycles. The van der Waals surface area contributed by atoms with Crippen molar-refractivity contribution in [3.63, 3.8) is 0 Å². The number of anilines is 3. The van der Waals surface area contributed by atoms with Crippen LogP contribution in [0, 0.1) is 6.92 Å². The summed E-state index contributed by atoms with van der Waals surface area (Å²) in [5.41, 5.74) is 0.139. The van der Waals surface area contributed by atoms with Gasteiger partial charge in [0.2, 0.25) is 0 Å². The van der Waals surface area contributed by atoms with Crippen LogP contribution in [0.3, 0.4) is 0 Å². The van der Waals surface area contributed by atoms with E-state index in [0.29, 0.717) is 16.9 Å². The van der Waals surface area contributed by atoms with Gasteiger partial charge in [0, 0.05) is 31.0 Å². The molecule has 0 radical (unpaired) electrons. The van der Waals surface area contributed by atoms with Crippen molar-refractivity contribution in [2.75, 3.05) is 29.6 Å². The molecule has 0 saturated heterocycles. The number of benzene rings is 2. The molecule has 0 aliphatic heterocycles. The zero-order valence-electron chi connectivity index (χ0n) is 17.0. The summed E-state index contributed by atoms with van der Waals surface area (Å²) in [5, 5.41) is 4.95. The Hall–Kier alpha value is -3.75. The van der Waals surface area contributed by atoms with E-state index in [0.717, 1.165) is 6.07 Å². The van der Waals surface area contributed by atoms with Crippen LogP contribution in [0.1, 0.15) is 32.0 Å². The minimum atomic E-state index is -4.65. The first kappa shape index (κ1) is 21.9. The van der Waals surface area contributed by atoms with Crippen molar-refractivity contribution in [1.29, 1.82) is 0 Å². The third-order valence-corrected chi connectivity index (χ3v) is 4.57. The van der Waals surface area contributed by atoms with E-state index < -0.39 is 23.6 Å². The monoisotopic (exact) mass is 431 g/mol. The van der Waals surface area contributed by atoms with Gasteiger partial charge in [-0.15, -0.1) is 0 Å². The van der Waals surface area contributed by atoms with E-state index in [4.69, 9.17) is 4.42 Å². The van der Waals surface area contributed by atoms with E-state index in [9.17, 15) is 22.8 Å². The molecule has 2 amide bonds. The lowest BCUT2D eigenvalue weighted by Crippen LogP contribution is -2.19. The Balaban J connectivity index is 1.86. The Bertz CT molecular complexity index is 1110. The van der Waals surface area contributed by atoms with Gasteiger partial charge in [0.15, 0.2) is 5.76 Å². The minimum Gasteiger partial charge on any atom is -0.459 e. The highest BCUT2D eigenvalue weighted by atomic mass is 19.4. The maximum Gasteiger partial charge on any atom is 0.418 e. The Morgan fingerprint density at radius 2 is 1.65 bits per heavy atom. The molecule has 162 valence electrons. The van der Waals surface area contributed by atoms with Crippen LogP contribution in [0.5, 0.6) is 0 Å². The van der Waals surface area contributed by atoms with Crippen LogP contribution < -0.4 is 15.5 Å². The van der Waals surface area contributed by atoms with Crippen LogP contribution >= 0.6 is 0 Å². The summed E-state index contributed by atoms with van der Waals surface area (Å²) in [6.45, 7) is 1.72. The number of alkyl halides is 3. The second-order valence-corrected chi connectivity index (χ2v) is 7.04.